The molecule has 0 amide bonds. The highest BCUT2D eigenvalue weighted by atomic mass is 16.6. The lowest BCUT2D eigenvalue weighted by Gasteiger charge is -1.84. The zero-order chi connectivity index (χ0) is 6.69. The second kappa shape index (κ2) is 2.30. The summed E-state index contributed by atoms with van der Waals surface area (Å²) in [5.41, 5.74) is 0.708. The van der Waals surface area contributed by atoms with E-state index in [1.54, 1.807) is 18.5 Å². The summed E-state index contributed by atoms with van der Waals surface area (Å²) in [5, 5.41) is 9.86. The van der Waals surface area contributed by atoms with Crippen LogP contribution in [0.25, 0.3) is 0 Å². The Bertz CT molecular complexity index is 193. The average Bonchev–Trinajstić information content (AvgIpc) is 2.15. The highest BCUT2D eigenvalue weighted by molar-refractivity contribution is 5.05. The van der Waals surface area contributed by atoms with Crippen molar-refractivity contribution in [2.45, 2.75) is 6.54 Å². The zero-order valence-electron chi connectivity index (χ0n) is 4.70. The van der Waals surface area contributed by atoms with Gasteiger partial charge in [0.15, 0.2) is 0 Å². The molecule has 1 N–H and O–H groups in total. The van der Waals surface area contributed by atoms with Gasteiger partial charge in [0, 0.05) is 22.9 Å². The third-order valence-electron chi connectivity index (χ3n) is 0.974. The summed E-state index contributed by atoms with van der Waals surface area (Å²) in [6.45, 7) is -0.0938. The predicted molar refractivity (Wildman–Crippen MR) is 31.5 cm³/mol. The van der Waals surface area contributed by atoms with Crippen molar-refractivity contribution >= 4 is 0 Å². The van der Waals surface area contributed by atoms with Crippen LogP contribution in [0.1, 0.15) is 5.56 Å². The van der Waals surface area contributed by atoms with Crippen molar-refractivity contribution in [1.82, 2.24) is 4.98 Å². The standard InChI is InChI=1S/C5H6N2O2/c8-7(9)4-5-1-2-6-3-5/h1-3,6H,4H2. The Labute approximate surface area is 51.7 Å². The Morgan fingerprint density at radius 2 is 2.56 bits per heavy atom. The lowest BCUT2D eigenvalue weighted by molar-refractivity contribution is -0.496. The van der Waals surface area contributed by atoms with Crippen LogP contribution < -0.4 is 0 Å². The Kier molecular flexibility index (Phi) is 1.48. The first-order valence-electron chi connectivity index (χ1n) is 2.52. The van der Waals surface area contributed by atoms with Crippen LogP contribution in [-0.2, 0) is 6.54 Å². The summed E-state index contributed by atoms with van der Waals surface area (Å²) in [6.07, 6.45) is 3.28. The number of H-pyrrole nitrogens is 1. The number of nitro groups is 1. The molecular formula is C5H6N2O2. The Hall–Kier alpha value is -1.32. The van der Waals surface area contributed by atoms with Crippen molar-refractivity contribution in [3.63, 3.8) is 0 Å². The van der Waals surface area contributed by atoms with Gasteiger partial charge in [-0.25, -0.2) is 0 Å². The number of hydrogen-bond donors (Lipinski definition) is 1. The van der Waals surface area contributed by atoms with Crippen molar-refractivity contribution in [2.75, 3.05) is 0 Å². The number of nitrogens with zero attached hydrogens (tertiary/aromatic N) is 1. The summed E-state index contributed by atoms with van der Waals surface area (Å²) in [4.78, 5) is 12.2. The topological polar surface area (TPSA) is 58.9 Å². The molecule has 48 valence electrons. The molecule has 1 rings (SSSR count). The molecule has 0 aliphatic carbocycles. The van der Waals surface area contributed by atoms with Crippen LogP contribution in [0.15, 0.2) is 18.5 Å². The van der Waals surface area contributed by atoms with Crippen molar-refractivity contribution in [3.05, 3.63) is 34.1 Å². The second-order valence-corrected chi connectivity index (χ2v) is 1.71. The molecule has 0 bridgehead atoms. The predicted octanol–water partition coefficient (Wildman–Crippen LogP) is 0.791. The molecule has 1 aromatic heterocycles. The molecule has 0 aromatic carbocycles. The molecule has 0 aliphatic heterocycles. The molecule has 0 spiro atoms. The quantitative estimate of drug-likeness (QED) is 0.470. The van der Waals surface area contributed by atoms with E-state index in [-0.39, 0.29) is 11.5 Å². The minimum Gasteiger partial charge on any atom is -0.367 e. The van der Waals surface area contributed by atoms with E-state index in [2.05, 4.69) is 4.98 Å². The van der Waals surface area contributed by atoms with Gasteiger partial charge in [-0.1, -0.05) is 0 Å². The zero-order valence-corrected chi connectivity index (χ0v) is 4.70. The van der Waals surface area contributed by atoms with Gasteiger partial charge in [-0.3, -0.25) is 10.1 Å². The fourth-order valence-electron chi connectivity index (χ4n) is 0.606. The van der Waals surface area contributed by atoms with E-state index in [9.17, 15) is 10.1 Å². The van der Waals surface area contributed by atoms with E-state index < -0.39 is 0 Å². The molecule has 0 unspecified atom stereocenters. The SMILES string of the molecule is O=[N+]([O-])Cc1cc[nH]c1. The first-order valence-corrected chi connectivity index (χ1v) is 2.52. The summed E-state index contributed by atoms with van der Waals surface area (Å²) in [7, 11) is 0. The molecule has 1 heterocycles. The van der Waals surface area contributed by atoms with Gasteiger partial charge in [0.1, 0.15) is 0 Å². The highest BCUT2D eigenvalue weighted by Crippen LogP contribution is 1.96. The van der Waals surface area contributed by atoms with E-state index in [4.69, 9.17) is 0 Å². The average molecular weight is 126 g/mol. The number of aromatic amines is 1. The van der Waals surface area contributed by atoms with Crippen LogP contribution in [0.4, 0.5) is 0 Å². The first-order chi connectivity index (χ1) is 4.29. The van der Waals surface area contributed by atoms with Crippen molar-refractivity contribution in [1.29, 1.82) is 0 Å². The molecule has 0 saturated heterocycles. The maximum atomic E-state index is 9.86. The van der Waals surface area contributed by atoms with Crippen LogP contribution in [0.5, 0.6) is 0 Å². The fraction of sp³-hybridized carbons (Fsp3) is 0.200. The van der Waals surface area contributed by atoms with Gasteiger partial charge in [0.2, 0.25) is 6.54 Å². The van der Waals surface area contributed by atoms with E-state index in [1.807, 2.05) is 0 Å². The van der Waals surface area contributed by atoms with Crippen LogP contribution in [0.3, 0.4) is 0 Å². The maximum Gasteiger partial charge on any atom is 0.230 e. The molecule has 4 heteroatoms. The van der Waals surface area contributed by atoms with Crippen LogP contribution >= 0.6 is 0 Å². The lowest BCUT2D eigenvalue weighted by atomic mass is 10.3. The number of rotatable bonds is 2. The van der Waals surface area contributed by atoms with Gasteiger partial charge in [0.25, 0.3) is 0 Å². The third-order valence-corrected chi connectivity index (χ3v) is 0.974. The molecule has 9 heavy (non-hydrogen) atoms. The normalized spacial score (nSPS) is 9.33. The van der Waals surface area contributed by atoms with Crippen molar-refractivity contribution in [2.24, 2.45) is 0 Å². The van der Waals surface area contributed by atoms with Crippen molar-refractivity contribution in [3.8, 4) is 0 Å². The molecule has 0 radical (unpaired) electrons. The van der Waals surface area contributed by atoms with Crippen molar-refractivity contribution < 1.29 is 4.92 Å². The van der Waals surface area contributed by atoms with E-state index in [0.29, 0.717) is 5.56 Å². The van der Waals surface area contributed by atoms with Crippen LogP contribution in [-0.4, -0.2) is 9.91 Å². The molecule has 0 atom stereocenters. The molecule has 0 fully saturated rings. The summed E-state index contributed by atoms with van der Waals surface area (Å²) < 4.78 is 0. The number of hydrogen-bond acceptors (Lipinski definition) is 2. The summed E-state index contributed by atoms with van der Waals surface area (Å²) >= 11 is 0. The van der Waals surface area contributed by atoms with E-state index >= 15 is 0 Å². The number of aromatic nitrogens is 1. The molecule has 0 aliphatic rings. The van der Waals surface area contributed by atoms with Gasteiger partial charge < -0.3 is 4.98 Å². The summed E-state index contributed by atoms with van der Waals surface area (Å²) in [5.74, 6) is 0. The smallest absolute Gasteiger partial charge is 0.230 e. The Balaban J connectivity index is 2.58. The Morgan fingerprint density at radius 1 is 1.78 bits per heavy atom. The fourth-order valence-corrected chi connectivity index (χ4v) is 0.606. The Morgan fingerprint density at radius 3 is 3.00 bits per heavy atom. The first kappa shape index (κ1) is 5.81. The minimum atomic E-state index is -0.358. The van der Waals surface area contributed by atoms with Gasteiger partial charge >= 0.3 is 0 Å². The van der Waals surface area contributed by atoms with Crippen LogP contribution in [0, 0.1) is 10.1 Å². The molecule has 4 nitrogen and oxygen atoms in total. The maximum absolute atomic E-state index is 9.86. The third kappa shape index (κ3) is 1.56. The minimum absolute atomic E-state index is 0.0938. The number of nitrogens with one attached hydrogen (secondary N) is 1. The summed E-state index contributed by atoms with van der Waals surface area (Å²) in [6, 6.07) is 1.68. The molecular weight excluding hydrogens is 120 g/mol. The lowest BCUT2D eigenvalue weighted by Crippen LogP contribution is -1.95. The second-order valence-electron chi connectivity index (χ2n) is 1.71. The molecule has 0 saturated carbocycles. The van der Waals surface area contributed by atoms with Gasteiger partial charge in [-0.05, 0) is 6.07 Å². The monoisotopic (exact) mass is 126 g/mol. The largest absolute Gasteiger partial charge is 0.367 e. The van der Waals surface area contributed by atoms with E-state index in [0.717, 1.165) is 0 Å². The van der Waals surface area contributed by atoms with Gasteiger partial charge in [-0.2, -0.15) is 0 Å². The molecule has 1 aromatic rings. The van der Waals surface area contributed by atoms with Crippen LogP contribution in [0.2, 0.25) is 0 Å². The van der Waals surface area contributed by atoms with E-state index in [1.165, 1.54) is 0 Å². The van der Waals surface area contributed by atoms with Gasteiger partial charge in [-0.15, -0.1) is 0 Å². The highest BCUT2D eigenvalue weighted by Gasteiger charge is 1.98. The van der Waals surface area contributed by atoms with Gasteiger partial charge in [0.05, 0.1) is 0 Å².